The minimum atomic E-state index is 0.661. The van der Waals surface area contributed by atoms with E-state index in [1.54, 1.807) is 4.52 Å². The molecule has 17 heavy (non-hydrogen) atoms. The van der Waals surface area contributed by atoms with Crippen molar-refractivity contribution in [3.8, 4) is 6.07 Å². The molecule has 0 amide bonds. The quantitative estimate of drug-likeness (QED) is 0.613. The molecule has 0 radical (unpaired) electrons. The van der Waals surface area contributed by atoms with E-state index in [0.717, 1.165) is 21.3 Å². The van der Waals surface area contributed by atoms with Crippen LogP contribution in [0.2, 0.25) is 0 Å². The van der Waals surface area contributed by atoms with Gasteiger partial charge in [-0.3, -0.25) is 0 Å². The number of thioether (sulfide) groups is 1. The summed E-state index contributed by atoms with van der Waals surface area (Å²) in [5.74, 6) is 0. The van der Waals surface area contributed by atoms with Crippen LogP contribution in [-0.2, 0) is 0 Å². The van der Waals surface area contributed by atoms with Gasteiger partial charge >= 0.3 is 0 Å². The molecule has 0 spiro atoms. The van der Waals surface area contributed by atoms with Gasteiger partial charge in [-0.25, -0.2) is 4.52 Å². The fourth-order valence-electron chi connectivity index (χ4n) is 2.03. The Labute approximate surface area is 103 Å². The number of aromatic nitrogens is 2. The van der Waals surface area contributed by atoms with E-state index in [1.807, 2.05) is 42.8 Å². The standard InChI is InChI=1S/C13H9N3S/c1-17-13-11(8-14)12-10-5-3-2-4-9(10)6-7-16(12)15-13/h2-7H,1H3. The lowest BCUT2D eigenvalue weighted by atomic mass is 10.1. The Balaban J connectivity index is 2.57. The van der Waals surface area contributed by atoms with Crippen molar-refractivity contribution in [2.75, 3.05) is 6.26 Å². The van der Waals surface area contributed by atoms with E-state index >= 15 is 0 Å². The molecule has 0 saturated carbocycles. The zero-order valence-electron chi connectivity index (χ0n) is 9.21. The van der Waals surface area contributed by atoms with Gasteiger partial charge in [0.05, 0.1) is 5.52 Å². The summed E-state index contributed by atoms with van der Waals surface area (Å²) in [6, 6.07) is 12.3. The molecule has 1 aromatic carbocycles. The zero-order chi connectivity index (χ0) is 11.8. The van der Waals surface area contributed by atoms with E-state index in [0.29, 0.717) is 5.56 Å². The Morgan fingerprint density at radius 2 is 2.12 bits per heavy atom. The van der Waals surface area contributed by atoms with Gasteiger partial charge in [-0.1, -0.05) is 24.3 Å². The normalized spacial score (nSPS) is 10.8. The molecule has 3 rings (SSSR count). The summed E-state index contributed by atoms with van der Waals surface area (Å²) in [4.78, 5) is 0. The van der Waals surface area contributed by atoms with E-state index in [2.05, 4.69) is 11.2 Å². The van der Waals surface area contributed by atoms with Gasteiger partial charge in [0.2, 0.25) is 0 Å². The van der Waals surface area contributed by atoms with Crippen molar-refractivity contribution in [2.45, 2.75) is 5.03 Å². The summed E-state index contributed by atoms with van der Waals surface area (Å²) in [6.45, 7) is 0. The van der Waals surface area contributed by atoms with Gasteiger partial charge in [-0.15, -0.1) is 11.8 Å². The Hall–Kier alpha value is -1.99. The molecule has 3 nitrogen and oxygen atoms in total. The molecular formula is C13H9N3S. The van der Waals surface area contributed by atoms with Gasteiger partial charge in [0, 0.05) is 11.6 Å². The molecule has 0 atom stereocenters. The van der Waals surface area contributed by atoms with Gasteiger partial charge in [-0.05, 0) is 17.7 Å². The van der Waals surface area contributed by atoms with E-state index in [9.17, 15) is 5.26 Å². The molecule has 0 unspecified atom stereocenters. The molecule has 3 aromatic rings. The van der Waals surface area contributed by atoms with E-state index in [1.165, 1.54) is 11.8 Å². The third-order valence-electron chi connectivity index (χ3n) is 2.79. The van der Waals surface area contributed by atoms with E-state index in [-0.39, 0.29) is 0 Å². The molecule has 0 N–H and O–H groups in total. The smallest absolute Gasteiger partial charge is 0.137 e. The van der Waals surface area contributed by atoms with Crippen LogP contribution in [0.5, 0.6) is 0 Å². The molecule has 82 valence electrons. The molecule has 0 bridgehead atoms. The maximum atomic E-state index is 9.28. The number of fused-ring (bicyclic) bond motifs is 3. The fourth-order valence-corrected chi connectivity index (χ4v) is 2.55. The molecule has 0 fully saturated rings. The number of nitriles is 1. The third-order valence-corrected chi connectivity index (χ3v) is 3.47. The fraction of sp³-hybridized carbons (Fsp3) is 0.0769. The van der Waals surface area contributed by atoms with Crippen molar-refractivity contribution in [1.29, 1.82) is 5.26 Å². The first-order chi connectivity index (χ1) is 8.35. The first-order valence-electron chi connectivity index (χ1n) is 5.19. The molecule has 4 heteroatoms. The monoisotopic (exact) mass is 239 g/mol. The van der Waals surface area contributed by atoms with Crippen LogP contribution in [0.3, 0.4) is 0 Å². The summed E-state index contributed by atoms with van der Waals surface area (Å²) in [5.41, 5.74) is 1.56. The zero-order valence-corrected chi connectivity index (χ0v) is 10.0. The second kappa shape index (κ2) is 3.79. The molecule has 0 aliphatic rings. The average molecular weight is 239 g/mol. The van der Waals surface area contributed by atoms with Gasteiger partial charge in [0.15, 0.2) is 0 Å². The van der Waals surface area contributed by atoms with Crippen molar-refractivity contribution >= 4 is 28.1 Å². The first kappa shape index (κ1) is 10.2. The highest BCUT2D eigenvalue weighted by Gasteiger charge is 2.13. The Bertz CT molecular complexity index is 752. The summed E-state index contributed by atoms with van der Waals surface area (Å²) in [7, 11) is 0. The van der Waals surface area contributed by atoms with Crippen molar-refractivity contribution < 1.29 is 0 Å². The van der Waals surface area contributed by atoms with Crippen LogP contribution in [0.25, 0.3) is 16.3 Å². The number of hydrogen-bond acceptors (Lipinski definition) is 3. The van der Waals surface area contributed by atoms with Gasteiger partial charge in [-0.2, -0.15) is 10.4 Å². The maximum absolute atomic E-state index is 9.28. The largest absolute Gasteiger partial charge is 0.238 e. The maximum Gasteiger partial charge on any atom is 0.137 e. The molecule has 0 aliphatic carbocycles. The molecule has 0 saturated heterocycles. The van der Waals surface area contributed by atoms with Crippen molar-refractivity contribution in [3.63, 3.8) is 0 Å². The van der Waals surface area contributed by atoms with Crippen LogP contribution < -0.4 is 0 Å². The van der Waals surface area contributed by atoms with Crippen LogP contribution in [0.15, 0.2) is 41.6 Å². The third kappa shape index (κ3) is 1.40. The van der Waals surface area contributed by atoms with Crippen molar-refractivity contribution in [1.82, 2.24) is 9.61 Å². The van der Waals surface area contributed by atoms with Crippen molar-refractivity contribution in [2.24, 2.45) is 0 Å². The number of hydrogen-bond donors (Lipinski definition) is 0. The molecule has 2 aromatic heterocycles. The van der Waals surface area contributed by atoms with Crippen LogP contribution >= 0.6 is 11.8 Å². The first-order valence-corrected chi connectivity index (χ1v) is 6.42. The van der Waals surface area contributed by atoms with Crippen LogP contribution in [0.4, 0.5) is 0 Å². The summed E-state index contributed by atoms with van der Waals surface area (Å²) < 4.78 is 1.78. The lowest BCUT2D eigenvalue weighted by Crippen LogP contribution is -1.87. The number of pyridine rings is 1. The Morgan fingerprint density at radius 1 is 1.29 bits per heavy atom. The molecule has 2 heterocycles. The van der Waals surface area contributed by atoms with E-state index < -0.39 is 0 Å². The molecule has 0 aliphatic heterocycles. The number of nitrogens with zero attached hydrogens (tertiary/aromatic N) is 3. The van der Waals surface area contributed by atoms with Gasteiger partial charge in [0.1, 0.15) is 16.7 Å². The van der Waals surface area contributed by atoms with E-state index in [4.69, 9.17) is 0 Å². The van der Waals surface area contributed by atoms with Gasteiger partial charge < -0.3 is 0 Å². The highest BCUT2D eigenvalue weighted by molar-refractivity contribution is 7.98. The van der Waals surface area contributed by atoms with Gasteiger partial charge in [0.25, 0.3) is 0 Å². The summed E-state index contributed by atoms with van der Waals surface area (Å²) >= 11 is 1.50. The minimum absolute atomic E-state index is 0.661. The highest BCUT2D eigenvalue weighted by atomic mass is 32.2. The highest BCUT2D eigenvalue weighted by Crippen LogP contribution is 2.28. The summed E-state index contributed by atoms with van der Waals surface area (Å²) in [6.07, 6.45) is 3.84. The van der Waals surface area contributed by atoms with Crippen LogP contribution in [0, 0.1) is 11.3 Å². The van der Waals surface area contributed by atoms with Crippen molar-refractivity contribution in [3.05, 3.63) is 42.1 Å². The SMILES string of the molecule is CSc1nn2ccc3ccccc3c2c1C#N. The predicted octanol–water partition coefficient (Wildman–Crippen LogP) is 3.08. The second-order valence-corrected chi connectivity index (χ2v) is 4.49. The average Bonchev–Trinajstić information content (AvgIpc) is 2.76. The number of benzene rings is 1. The lowest BCUT2D eigenvalue weighted by Gasteiger charge is -1.99. The predicted molar refractivity (Wildman–Crippen MR) is 69.2 cm³/mol. The minimum Gasteiger partial charge on any atom is -0.238 e. The van der Waals surface area contributed by atoms with Crippen LogP contribution in [-0.4, -0.2) is 15.9 Å². The Morgan fingerprint density at radius 3 is 2.88 bits per heavy atom. The number of rotatable bonds is 1. The Kier molecular flexibility index (Phi) is 2.27. The van der Waals surface area contributed by atoms with Crippen LogP contribution in [0.1, 0.15) is 5.56 Å². The topological polar surface area (TPSA) is 41.1 Å². The lowest BCUT2D eigenvalue weighted by molar-refractivity contribution is 0.904. The molecular weight excluding hydrogens is 230 g/mol. The summed E-state index contributed by atoms with van der Waals surface area (Å²) in [5, 5.41) is 16.7. The second-order valence-electron chi connectivity index (χ2n) is 3.69.